The minimum Gasteiger partial charge on any atom is -0.496 e. The van der Waals surface area contributed by atoms with Crippen LogP contribution < -0.4 is 10.1 Å². The van der Waals surface area contributed by atoms with E-state index in [1.165, 1.54) is 6.42 Å². The fourth-order valence-electron chi connectivity index (χ4n) is 2.89. The van der Waals surface area contributed by atoms with Crippen LogP contribution in [0.2, 0.25) is 0 Å². The molecule has 1 aliphatic heterocycles. The first-order chi connectivity index (χ1) is 9.76. The number of carbonyl (C=O) groups is 1. The molecule has 4 heteroatoms. The van der Waals surface area contributed by atoms with Crippen LogP contribution in [0.15, 0.2) is 24.3 Å². The van der Waals surface area contributed by atoms with Crippen LogP contribution >= 0.6 is 0 Å². The van der Waals surface area contributed by atoms with Gasteiger partial charge in [-0.1, -0.05) is 18.2 Å². The summed E-state index contributed by atoms with van der Waals surface area (Å²) in [7, 11) is 3.59. The van der Waals surface area contributed by atoms with Gasteiger partial charge in [0.05, 0.1) is 13.5 Å². The highest BCUT2D eigenvalue weighted by Crippen LogP contribution is 2.21. The second kappa shape index (κ2) is 7.29. The number of methoxy groups -OCH3 is 1. The molecule has 110 valence electrons. The van der Waals surface area contributed by atoms with E-state index in [4.69, 9.17) is 4.74 Å². The van der Waals surface area contributed by atoms with E-state index in [1.807, 2.05) is 36.2 Å². The number of rotatable bonds is 5. The number of piperidine rings is 1. The Kier molecular flexibility index (Phi) is 5.41. The number of nitrogens with one attached hydrogen (secondary N) is 1. The smallest absolute Gasteiger partial charge is 0.227 e. The van der Waals surface area contributed by atoms with Crippen molar-refractivity contribution in [3.63, 3.8) is 0 Å². The van der Waals surface area contributed by atoms with E-state index in [2.05, 4.69) is 5.32 Å². The Bertz CT molecular complexity index is 446. The van der Waals surface area contributed by atoms with Crippen molar-refractivity contribution in [2.75, 3.05) is 27.2 Å². The number of likely N-dealkylation sites (N-methyl/N-ethyl adjacent to an activating group) is 1. The lowest BCUT2D eigenvalue weighted by atomic mass is 10.0. The highest BCUT2D eigenvalue weighted by atomic mass is 16.5. The summed E-state index contributed by atoms with van der Waals surface area (Å²) in [5.41, 5.74) is 0.966. The van der Waals surface area contributed by atoms with Crippen molar-refractivity contribution < 1.29 is 9.53 Å². The number of ether oxygens (including phenoxy) is 1. The first-order valence-electron chi connectivity index (χ1n) is 7.32. The van der Waals surface area contributed by atoms with Gasteiger partial charge in [0.25, 0.3) is 0 Å². The van der Waals surface area contributed by atoms with E-state index < -0.39 is 0 Å². The fraction of sp³-hybridized carbons (Fsp3) is 0.562. The van der Waals surface area contributed by atoms with Crippen LogP contribution in [0.1, 0.15) is 24.8 Å². The second-order valence-corrected chi connectivity index (χ2v) is 5.28. The molecule has 1 amide bonds. The highest BCUT2D eigenvalue weighted by molar-refractivity contribution is 5.80. The summed E-state index contributed by atoms with van der Waals surface area (Å²) in [6, 6.07) is 8.08. The molecule has 1 aromatic rings. The summed E-state index contributed by atoms with van der Waals surface area (Å²) in [6.45, 7) is 1.75. The molecule has 0 spiro atoms. The third kappa shape index (κ3) is 3.51. The van der Waals surface area contributed by atoms with E-state index in [0.29, 0.717) is 12.5 Å². The largest absolute Gasteiger partial charge is 0.496 e. The van der Waals surface area contributed by atoms with Gasteiger partial charge in [-0.15, -0.1) is 0 Å². The van der Waals surface area contributed by atoms with Crippen molar-refractivity contribution in [1.82, 2.24) is 10.2 Å². The topological polar surface area (TPSA) is 41.6 Å². The first-order valence-corrected chi connectivity index (χ1v) is 7.32. The predicted molar refractivity (Wildman–Crippen MR) is 80.0 cm³/mol. The Labute approximate surface area is 121 Å². The lowest BCUT2D eigenvalue weighted by Crippen LogP contribution is -2.48. The Balaban J connectivity index is 2.06. The summed E-state index contributed by atoms with van der Waals surface area (Å²) in [4.78, 5) is 14.6. The van der Waals surface area contributed by atoms with Gasteiger partial charge in [-0.2, -0.15) is 0 Å². The maximum atomic E-state index is 12.6. The van der Waals surface area contributed by atoms with Crippen molar-refractivity contribution in [2.24, 2.45) is 0 Å². The molecule has 0 aromatic heterocycles. The lowest BCUT2D eigenvalue weighted by molar-refractivity contribution is -0.134. The van der Waals surface area contributed by atoms with Gasteiger partial charge in [0.15, 0.2) is 0 Å². The van der Waals surface area contributed by atoms with Crippen LogP contribution in [0.3, 0.4) is 0 Å². The van der Waals surface area contributed by atoms with Crippen molar-refractivity contribution in [3.05, 3.63) is 29.8 Å². The van der Waals surface area contributed by atoms with Crippen LogP contribution in [0.4, 0.5) is 0 Å². The zero-order valence-electron chi connectivity index (χ0n) is 12.4. The molecule has 1 saturated heterocycles. The molecule has 1 aliphatic rings. The number of nitrogens with zero attached hydrogens (tertiary/aromatic N) is 1. The van der Waals surface area contributed by atoms with Crippen molar-refractivity contribution in [1.29, 1.82) is 0 Å². The molecule has 1 heterocycles. The van der Waals surface area contributed by atoms with Crippen LogP contribution in [0.5, 0.6) is 5.75 Å². The molecule has 1 N–H and O–H groups in total. The van der Waals surface area contributed by atoms with E-state index >= 15 is 0 Å². The quantitative estimate of drug-likeness (QED) is 0.892. The van der Waals surface area contributed by atoms with Gasteiger partial charge < -0.3 is 15.0 Å². The zero-order valence-corrected chi connectivity index (χ0v) is 12.4. The number of hydrogen-bond donors (Lipinski definition) is 1. The standard InChI is InChI=1S/C16H24N2O2/c1-17-12-14-8-5-6-10-18(14)16(19)11-13-7-3-4-9-15(13)20-2/h3-4,7,9,14,17H,5-6,8,10-12H2,1-2H3. The number of likely N-dealkylation sites (tertiary alicyclic amines) is 1. The number of carbonyl (C=O) groups excluding carboxylic acids is 1. The summed E-state index contributed by atoms with van der Waals surface area (Å²) in [5, 5.41) is 3.19. The van der Waals surface area contributed by atoms with Gasteiger partial charge >= 0.3 is 0 Å². The molecular weight excluding hydrogens is 252 g/mol. The summed E-state index contributed by atoms with van der Waals surface area (Å²) in [6.07, 6.45) is 3.84. The Hall–Kier alpha value is -1.55. The van der Waals surface area contributed by atoms with Crippen LogP contribution in [0, 0.1) is 0 Å². The fourth-order valence-corrected chi connectivity index (χ4v) is 2.89. The Morgan fingerprint density at radius 1 is 1.40 bits per heavy atom. The van der Waals surface area contributed by atoms with Gasteiger partial charge in [-0.25, -0.2) is 0 Å². The monoisotopic (exact) mass is 276 g/mol. The summed E-state index contributed by atoms with van der Waals surface area (Å²) >= 11 is 0. The molecule has 0 radical (unpaired) electrons. The predicted octanol–water partition coefficient (Wildman–Crippen LogP) is 1.84. The molecule has 1 fully saturated rings. The summed E-state index contributed by atoms with van der Waals surface area (Å²) < 4.78 is 5.32. The average molecular weight is 276 g/mol. The van der Waals surface area contributed by atoms with Crippen molar-refractivity contribution in [3.8, 4) is 5.75 Å². The summed E-state index contributed by atoms with van der Waals surface area (Å²) in [5.74, 6) is 0.998. The lowest BCUT2D eigenvalue weighted by Gasteiger charge is -2.36. The first kappa shape index (κ1) is 14.9. The second-order valence-electron chi connectivity index (χ2n) is 5.28. The molecule has 0 aliphatic carbocycles. The average Bonchev–Trinajstić information content (AvgIpc) is 2.48. The number of benzene rings is 1. The molecule has 1 aromatic carbocycles. The minimum absolute atomic E-state index is 0.203. The van der Waals surface area contributed by atoms with E-state index in [1.54, 1.807) is 7.11 Å². The number of para-hydroxylation sites is 1. The van der Waals surface area contributed by atoms with E-state index in [-0.39, 0.29) is 5.91 Å². The Morgan fingerprint density at radius 3 is 2.95 bits per heavy atom. The highest BCUT2D eigenvalue weighted by Gasteiger charge is 2.26. The van der Waals surface area contributed by atoms with Gasteiger partial charge in [0.2, 0.25) is 5.91 Å². The molecular formula is C16H24N2O2. The third-order valence-corrected chi connectivity index (χ3v) is 3.92. The molecule has 20 heavy (non-hydrogen) atoms. The van der Waals surface area contributed by atoms with Gasteiger partial charge in [0.1, 0.15) is 5.75 Å². The van der Waals surface area contributed by atoms with Crippen LogP contribution in [-0.4, -0.2) is 44.1 Å². The van der Waals surface area contributed by atoms with Gasteiger partial charge in [-0.05, 0) is 32.4 Å². The Morgan fingerprint density at radius 2 is 2.20 bits per heavy atom. The minimum atomic E-state index is 0.203. The number of hydrogen-bond acceptors (Lipinski definition) is 3. The van der Waals surface area contributed by atoms with E-state index in [9.17, 15) is 4.79 Å². The zero-order chi connectivity index (χ0) is 14.4. The maximum absolute atomic E-state index is 12.6. The van der Waals surface area contributed by atoms with Crippen molar-refractivity contribution in [2.45, 2.75) is 31.7 Å². The van der Waals surface area contributed by atoms with Crippen LogP contribution in [0.25, 0.3) is 0 Å². The molecule has 0 bridgehead atoms. The molecule has 0 saturated carbocycles. The maximum Gasteiger partial charge on any atom is 0.227 e. The van der Waals surface area contributed by atoms with Crippen molar-refractivity contribution >= 4 is 5.91 Å². The van der Waals surface area contributed by atoms with E-state index in [0.717, 1.165) is 37.2 Å². The molecule has 1 atom stereocenters. The van der Waals surface area contributed by atoms with Crippen LogP contribution in [-0.2, 0) is 11.2 Å². The SMILES string of the molecule is CNCC1CCCCN1C(=O)Cc1ccccc1OC. The van der Waals surface area contributed by atoms with Gasteiger partial charge in [-0.3, -0.25) is 4.79 Å². The molecule has 1 unspecified atom stereocenters. The normalized spacial score (nSPS) is 18.9. The van der Waals surface area contributed by atoms with Gasteiger partial charge in [0, 0.05) is 24.7 Å². The molecule has 4 nitrogen and oxygen atoms in total. The number of amides is 1. The molecule has 2 rings (SSSR count). The third-order valence-electron chi connectivity index (χ3n) is 3.92.